The van der Waals surface area contributed by atoms with Crippen LogP contribution in [0.15, 0.2) is 29.2 Å². The quantitative estimate of drug-likeness (QED) is 0.906. The van der Waals surface area contributed by atoms with Gasteiger partial charge in [0.1, 0.15) is 5.56 Å². The van der Waals surface area contributed by atoms with Crippen molar-refractivity contribution in [2.75, 3.05) is 31.2 Å². The van der Waals surface area contributed by atoms with Crippen molar-refractivity contribution >= 4 is 22.6 Å². The van der Waals surface area contributed by atoms with Gasteiger partial charge in [0.05, 0.1) is 13.2 Å². The molecule has 1 saturated heterocycles. The molecule has 3 rings (SSSR count). The summed E-state index contributed by atoms with van der Waals surface area (Å²) in [6.45, 7) is 2.72. The SMILES string of the molecule is O=C(OF)c1c[nH]c2ccc(N3CCOCC3)cc2c1=O. The maximum atomic E-state index is 12.2. The number of carbonyl (C=O) groups is 1. The topological polar surface area (TPSA) is 71.6 Å². The Morgan fingerprint density at radius 2 is 2.10 bits per heavy atom. The van der Waals surface area contributed by atoms with Crippen molar-refractivity contribution in [3.63, 3.8) is 0 Å². The Bertz CT molecular complexity index is 737. The minimum Gasteiger partial charge on any atom is -0.378 e. The summed E-state index contributed by atoms with van der Waals surface area (Å²) in [6, 6.07) is 5.33. The number of morpholine rings is 1. The van der Waals surface area contributed by atoms with Gasteiger partial charge in [0.15, 0.2) is 0 Å². The maximum Gasteiger partial charge on any atom is 0.384 e. The van der Waals surface area contributed by atoms with Crippen LogP contribution in [0.3, 0.4) is 0 Å². The first-order valence-corrected chi connectivity index (χ1v) is 6.52. The lowest BCUT2D eigenvalue weighted by molar-refractivity contribution is -0.0789. The Hall–Kier alpha value is -2.41. The van der Waals surface area contributed by atoms with Crippen LogP contribution in [-0.2, 0) is 9.68 Å². The number of H-pyrrole nitrogens is 1. The van der Waals surface area contributed by atoms with Crippen molar-refractivity contribution in [1.29, 1.82) is 0 Å². The van der Waals surface area contributed by atoms with Gasteiger partial charge in [0.25, 0.3) is 0 Å². The number of ether oxygens (including phenoxy) is 1. The fraction of sp³-hybridized carbons (Fsp3) is 0.286. The van der Waals surface area contributed by atoms with E-state index in [9.17, 15) is 14.1 Å². The molecule has 1 fully saturated rings. The van der Waals surface area contributed by atoms with Crippen LogP contribution in [0.5, 0.6) is 0 Å². The van der Waals surface area contributed by atoms with Crippen LogP contribution in [-0.4, -0.2) is 37.3 Å². The maximum absolute atomic E-state index is 12.2. The summed E-state index contributed by atoms with van der Waals surface area (Å²) in [5.74, 6) is -1.30. The lowest BCUT2D eigenvalue weighted by atomic mass is 10.1. The first-order valence-electron chi connectivity index (χ1n) is 6.52. The summed E-state index contributed by atoms with van der Waals surface area (Å²) in [4.78, 5) is 31.5. The van der Waals surface area contributed by atoms with E-state index in [1.165, 1.54) is 0 Å². The average molecular weight is 292 g/mol. The standard InChI is InChI=1S/C14H13FN2O4/c15-21-14(19)11-8-16-12-2-1-9(7-10(12)13(11)18)17-3-5-20-6-4-17/h1-2,7-8H,3-6H2,(H,16,18). The number of nitrogens with one attached hydrogen (secondary N) is 1. The van der Waals surface area contributed by atoms with E-state index in [0.717, 1.165) is 25.0 Å². The number of anilines is 1. The first kappa shape index (κ1) is 13.6. The molecule has 6 nitrogen and oxygen atoms in total. The zero-order valence-electron chi connectivity index (χ0n) is 11.1. The zero-order valence-corrected chi connectivity index (χ0v) is 11.1. The lowest BCUT2D eigenvalue weighted by Crippen LogP contribution is -2.36. The summed E-state index contributed by atoms with van der Waals surface area (Å²) in [6.07, 6.45) is 1.15. The van der Waals surface area contributed by atoms with Gasteiger partial charge in [-0.1, -0.05) is 0 Å². The summed E-state index contributed by atoms with van der Waals surface area (Å²) in [5, 5.41) is 0.321. The molecular weight excluding hydrogens is 279 g/mol. The molecule has 0 amide bonds. The van der Waals surface area contributed by atoms with Crippen molar-refractivity contribution in [3.05, 3.63) is 40.2 Å². The van der Waals surface area contributed by atoms with Crippen LogP contribution >= 0.6 is 0 Å². The van der Waals surface area contributed by atoms with E-state index in [2.05, 4.69) is 14.8 Å². The van der Waals surface area contributed by atoms with Crippen LogP contribution in [0, 0.1) is 0 Å². The molecule has 0 aliphatic carbocycles. The highest BCUT2D eigenvalue weighted by molar-refractivity contribution is 5.94. The number of rotatable bonds is 2. The smallest absolute Gasteiger partial charge is 0.378 e. The average Bonchev–Trinajstić information content (AvgIpc) is 2.55. The Balaban J connectivity index is 2.08. The lowest BCUT2D eigenvalue weighted by Gasteiger charge is -2.29. The van der Waals surface area contributed by atoms with Crippen LogP contribution < -0.4 is 10.3 Å². The normalized spacial score (nSPS) is 15.2. The molecule has 0 saturated carbocycles. The Kier molecular flexibility index (Phi) is 3.57. The van der Waals surface area contributed by atoms with Crippen LogP contribution in [0.1, 0.15) is 10.4 Å². The zero-order chi connectivity index (χ0) is 14.8. The van der Waals surface area contributed by atoms with E-state index in [-0.39, 0.29) is 5.56 Å². The van der Waals surface area contributed by atoms with Crippen LogP contribution in [0.4, 0.5) is 10.2 Å². The van der Waals surface area contributed by atoms with Crippen molar-refractivity contribution in [2.24, 2.45) is 0 Å². The van der Waals surface area contributed by atoms with Crippen LogP contribution in [0.2, 0.25) is 0 Å². The van der Waals surface area contributed by atoms with Gasteiger partial charge in [0, 0.05) is 40.4 Å². The molecule has 1 aliphatic rings. The van der Waals surface area contributed by atoms with Gasteiger partial charge >= 0.3 is 5.97 Å². The van der Waals surface area contributed by atoms with E-state index >= 15 is 0 Å². The van der Waals surface area contributed by atoms with Crippen molar-refractivity contribution in [3.8, 4) is 0 Å². The summed E-state index contributed by atoms with van der Waals surface area (Å²) >= 11 is 0. The number of hydrogen-bond acceptors (Lipinski definition) is 5. The number of fused-ring (bicyclic) bond motifs is 1. The molecule has 2 heterocycles. The van der Waals surface area contributed by atoms with Gasteiger partial charge < -0.3 is 14.6 Å². The highest BCUT2D eigenvalue weighted by Gasteiger charge is 2.17. The number of nitrogens with zero attached hydrogens (tertiary/aromatic N) is 1. The minimum absolute atomic E-state index is 0.321. The number of aromatic amines is 1. The van der Waals surface area contributed by atoms with E-state index in [1.54, 1.807) is 12.1 Å². The molecule has 0 unspecified atom stereocenters. The molecule has 2 aromatic rings. The predicted octanol–water partition coefficient (Wildman–Crippen LogP) is 1.41. The third kappa shape index (κ3) is 2.47. The predicted molar refractivity (Wildman–Crippen MR) is 74.1 cm³/mol. The van der Waals surface area contributed by atoms with Gasteiger partial charge in [-0.05, 0) is 18.2 Å². The number of benzene rings is 1. The molecule has 1 N–H and O–H groups in total. The fourth-order valence-electron chi connectivity index (χ4n) is 2.42. The first-order chi connectivity index (χ1) is 10.2. The second-order valence-electron chi connectivity index (χ2n) is 4.73. The molecule has 1 aromatic carbocycles. The van der Waals surface area contributed by atoms with Gasteiger partial charge in [-0.15, -0.1) is 0 Å². The second kappa shape index (κ2) is 5.53. The molecule has 0 atom stereocenters. The fourth-order valence-corrected chi connectivity index (χ4v) is 2.42. The largest absolute Gasteiger partial charge is 0.384 e. The molecule has 0 spiro atoms. The second-order valence-corrected chi connectivity index (χ2v) is 4.73. The molecule has 21 heavy (non-hydrogen) atoms. The molecular formula is C14H13FN2O4. The van der Waals surface area contributed by atoms with Gasteiger partial charge in [0.2, 0.25) is 5.43 Å². The van der Waals surface area contributed by atoms with E-state index in [1.807, 2.05) is 6.07 Å². The Labute approximate surface area is 119 Å². The minimum atomic E-state index is -1.30. The molecule has 7 heteroatoms. The van der Waals surface area contributed by atoms with Crippen molar-refractivity contribution in [1.82, 2.24) is 4.98 Å². The third-order valence-corrected chi connectivity index (χ3v) is 3.53. The summed E-state index contributed by atoms with van der Waals surface area (Å²) in [7, 11) is 0. The molecule has 0 radical (unpaired) electrons. The monoisotopic (exact) mass is 292 g/mol. The van der Waals surface area contributed by atoms with E-state index < -0.39 is 11.4 Å². The number of carbonyl (C=O) groups excluding carboxylic acids is 1. The van der Waals surface area contributed by atoms with Crippen LogP contribution in [0.25, 0.3) is 10.9 Å². The summed E-state index contributed by atoms with van der Waals surface area (Å²) in [5.41, 5.74) is 0.528. The van der Waals surface area contributed by atoms with Gasteiger partial charge in [-0.2, -0.15) is 0 Å². The number of hydrogen-bond donors (Lipinski definition) is 1. The van der Waals surface area contributed by atoms with E-state index in [0.29, 0.717) is 24.1 Å². The molecule has 0 bridgehead atoms. The Morgan fingerprint density at radius 1 is 1.33 bits per heavy atom. The Morgan fingerprint density at radius 3 is 2.81 bits per heavy atom. The third-order valence-electron chi connectivity index (χ3n) is 3.53. The number of aromatic nitrogens is 1. The van der Waals surface area contributed by atoms with Gasteiger partial charge in [-0.3, -0.25) is 4.79 Å². The highest BCUT2D eigenvalue weighted by Crippen LogP contribution is 2.20. The van der Waals surface area contributed by atoms with E-state index in [4.69, 9.17) is 4.74 Å². The van der Waals surface area contributed by atoms with Gasteiger partial charge in [-0.25, -0.2) is 9.74 Å². The molecule has 1 aliphatic heterocycles. The number of halogens is 1. The number of pyridine rings is 1. The van der Waals surface area contributed by atoms with Crippen molar-refractivity contribution in [2.45, 2.75) is 0 Å². The molecule has 110 valence electrons. The molecule has 1 aromatic heterocycles. The summed E-state index contributed by atoms with van der Waals surface area (Å²) < 4.78 is 17.3. The van der Waals surface area contributed by atoms with Crippen molar-refractivity contribution < 1.29 is 19.0 Å². The highest BCUT2D eigenvalue weighted by atomic mass is 19.3.